The Morgan fingerprint density at radius 3 is 2.26 bits per heavy atom. The summed E-state index contributed by atoms with van der Waals surface area (Å²) in [5.74, 6) is 0. The van der Waals surface area contributed by atoms with E-state index in [1.165, 1.54) is 0 Å². The second-order valence-corrected chi connectivity index (χ2v) is 5.76. The summed E-state index contributed by atoms with van der Waals surface area (Å²) in [4.78, 5) is 12.7. The van der Waals surface area contributed by atoms with Crippen molar-refractivity contribution in [3.8, 4) is 0 Å². The molecule has 2 aromatic heterocycles. The van der Waals surface area contributed by atoms with Crippen molar-refractivity contribution in [3.05, 3.63) is 24.7 Å². The van der Waals surface area contributed by atoms with Gasteiger partial charge in [0.1, 0.15) is 5.52 Å². The average Bonchev–Trinajstić information content (AvgIpc) is 2.58. The zero-order valence-corrected chi connectivity index (χ0v) is 11.5. The van der Waals surface area contributed by atoms with Gasteiger partial charge in [-0.3, -0.25) is 4.98 Å². The average molecular weight is 257 g/mol. The third kappa shape index (κ3) is 2.01. The predicted molar refractivity (Wildman–Crippen MR) is 73.0 cm³/mol. The molecule has 0 unspecified atom stereocenters. The third-order valence-electron chi connectivity index (χ3n) is 3.87. The van der Waals surface area contributed by atoms with Crippen molar-refractivity contribution >= 4 is 23.7 Å². The first-order valence-electron chi connectivity index (χ1n) is 6.31. The number of hydrogen-bond donors (Lipinski definition) is 0. The van der Waals surface area contributed by atoms with E-state index in [0.29, 0.717) is 5.65 Å². The van der Waals surface area contributed by atoms with Gasteiger partial charge in [0.25, 0.3) is 0 Å². The largest absolute Gasteiger partial charge is 0.496 e. The van der Waals surface area contributed by atoms with Gasteiger partial charge >= 0.3 is 7.12 Å². The Labute approximate surface area is 112 Å². The molecular formula is C13H16BN3O2. The van der Waals surface area contributed by atoms with Crippen LogP contribution in [0.4, 0.5) is 0 Å². The lowest BCUT2D eigenvalue weighted by molar-refractivity contribution is 0.00578. The zero-order valence-electron chi connectivity index (χ0n) is 11.5. The van der Waals surface area contributed by atoms with Crippen molar-refractivity contribution in [2.75, 3.05) is 0 Å². The second-order valence-electron chi connectivity index (χ2n) is 5.76. The molecule has 1 saturated heterocycles. The molecule has 3 rings (SSSR count). The molecule has 0 saturated carbocycles. The second kappa shape index (κ2) is 3.98. The number of hydrogen-bond acceptors (Lipinski definition) is 5. The number of rotatable bonds is 1. The van der Waals surface area contributed by atoms with Crippen LogP contribution in [0, 0.1) is 0 Å². The van der Waals surface area contributed by atoms with Crippen LogP contribution in [-0.2, 0) is 9.31 Å². The van der Waals surface area contributed by atoms with Gasteiger partial charge in [0.15, 0.2) is 5.65 Å². The summed E-state index contributed by atoms with van der Waals surface area (Å²) in [5, 5.41) is 0. The zero-order chi connectivity index (χ0) is 13.7. The first-order valence-corrected chi connectivity index (χ1v) is 6.31. The minimum Gasteiger partial charge on any atom is -0.399 e. The fourth-order valence-electron chi connectivity index (χ4n) is 1.98. The predicted octanol–water partition coefficient (Wildman–Crippen LogP) is 1.32. The minimum atomic E-state index is -0.413. The molecule has 0 radical (unpaired) electrons. The standard InChI is InChI=1S/C13H16BN3O2/c1-12(2)13(3,4)19-14(18-12)9-7-10-11(17-8-9)16-6-5-15-10/h5-8H,1-4H3. The highest BCUT2D eigenvalue weighted by Crippen LogP contribution is 2.36. The van der Waals surface area contributed by atoms with Gasteiger partial charge in [0.2, 0.25) is 0 Å². The summed E-state index contributed by atoms with van der Waals surface area (Å²) in [6, 6.07) is 1.91. The van der Waals surface area contributed by atoms with Crippen LogP contribution in [-0.4, -0.2) is 33.3 Å². The molecule has 0 bridgehead atoms. The molecular weight excluding hydrogens is 241 g/mol. The quantitative estimate of drug-likeness (QED) is 0.721. The van der Waals surface area contributed by atoms with Crippen LogP contribution in [0.15, 0.2) is 24.7 Å². The molecule has 0 amide bonds. The van der Waals surface area contributed by atoms with Crippen molar-refractivity contribution in [2.24, 2.45) is 0 Å². The normalized spacial score (nSPS) is 20.9. The van der Waals surface area contributed by atoms with Gasteiger partial charge < -0.3 is 9.31 Å². The molecule has 2 aromatic rings. The van der Waals surface area contributed by atoms with Gasteiger partial charge in [-0.1, -0.05) is 0 Å². The number of nitrogens with zero attached hydrogens (tertiary/aromatic N) is 3. The van der Waals surface area contributed by atoms with E-state index in [1.54, 1.807) is 18.6 Å². The lowest BCUT2D eigenvalue weighted by Gasteiger charge is -2.32. The first-order chi connectivity index (χ1) is 8.89. The smallest absolute Gasteiger partial charge is 0.399 e. The fraction of sp³-hybridized carbons (Fsp3) is 0.462. The number of aromatic nitrogens is 3. The molecule has 0 N–H and O–H groups in total. The fourth-order valence-corrected chi connectivity index (χ4v) is 1.98. The minimum absolute atomic E-state index is 0.352. The molecule has 98 valence electrons. The van der Waals surface area contributed by atoms with Crippen LogP contribution in [0.1, 0.15) is 27.7 Å². The van der Waals surface area contributed by atoms with Crippen LogP contribution in [0.3, 0.4) is 0 Å². The highest BCUT2D eigenvalue weighted by Gasteiger charge is 2.51. The molecule has 0 aromatic carbocycles. The van der Waals surface area contributed by atoms with E-state index in [-0.39, 0.29) is 11.2 Å². The van der Waals surface area contributed by atoms with E-state index < -0.39 is 7.12 Å². The van der Waals surface area contributed by atoms with Gasteiger partial charge in [-0.25, -0.2) is 9.97 Å². The van der Waals surface area contributed by atoms with Crippen molar-refractivity contribution in [2.45, 2.75) is 38.9 Å². The molecule has 1 aliphatic heterocycles. The van der Waals surface area contributed by atoms with E-state index >= 15 is 0 Å². The van der Waals surface area contributed by atoms with Crippen LogP contribution in [0.2, 0.25) is 0 Å². The molecule has 3 heterocycles. The summed E-state index contributed by atoms with van der Waals surface area (Å²) >= 11 is 0. The van der Waals surface area contributed by atoms with Crippen LogP contribution in [0.25, 0.3) is 11.2 Å². The topological polar surface area (TPSA) is 57.1 Å². The Bertz CT molecular complexity index is 614. The third-order valence-corrected chi connectivity index (χ3v) is 3.87. The van der Waals surface area contributed by atoms with E-state index in [1.807, 2.05) is 33.8 Å². The van der Waals surface area contributed by atoms with Crippen molar-refractivity contribution in [3.63, 3.8) is 0 Å². The van der Waals surface area contributed by atoms with Crippen LogP contribution < -0.4 is 5.46 Å². The Morgan fingerprint density at radius 2 is 1.58 bits per heavy atom. The van der Waals surface area contributed by atoms with Gasteiger partial charge in [0.05, 0.1) is 11.2 Å². The summed E-state index contributed by atoms with van der Waals surface area (Å²) in [5.41, 5.74) is 1.54. The van der Waals surface area contributed by atoms with E-state index in [0.717, 1.165) is 11.0 Å². The van der Waals surface area contributed by atoms with E-state index in [9.17, 15) is 0 Å². The Balaban J connectivity index is 1.98. The van der Waals surface area contributed by atoms with Gasteiger partial charge in [0, 0.05) is 24.1 Å². The lowest BCUT2D eigenvalue weighted by atomic mass is 9.80. The summed E-state index contributed by atoms with van der Waals surface area (Å²) in [6.45, 7) is 8.12. The molecule has 1 aliphatic rings. The van der Waals surface area contributed by atoms with Crippen molar-refractivity contribution in [1.29, 1.82) is 0 Å². The summed E-state index contributed by atoms with van der Waals surface area (Å²) in [6.07, 6.45) is 5.01. The van der Waals surface area contributed by atoms with Gasteiger partial charge in [-0.2, -0.15) is 0 Å². The van der Waals surface area contributed by atoms with Gasteiger partial charge in [-0.15, -0.1) is 0 Å². The maximum Gasteiger partial charge on any atom is 0.496 e. The number of fused-ring (bicyclic) bond motifs is 1. The van der Waals surface area contributed by atoms with Crippen LogP contribution in [0.5, 0.6) is 0 Å². The maximum atomic E-state index is 5.99. The molecule has 1 fully saturated rings. The SMILES string of the molecule is CC1(C)OB(c2cnc3nccnc3c2)OC1(C)C. The first kappa shape index (κ1) is 12.5. The highest BCUT2D eigenvalue weighted by atomic mass is 16.7. The summed E-state index contributed by atoms with van der Waals surface area (Å²) < 4.78 is 12.0. The molecule has 5 nitrogen and oxygen atoms in total. The molecule has 0 spiro atoms. The Hall–Kier alpha value is -1.53. The lowest BCUT2D eigenvalue weighted by Crippen LogP contribution is -2.41. The van der Waals surface area contributed by atoms with E-state index in [2.05, 4.69) is 15.0 Å². The Morgan fingerprint density at radius 1 is 0.947 bits per heavy atom. The van der Waals surface area contributed by atoms with Gasteiger partial charge in [-0.05, 0) is 33.8 Å². The van der Waals surface area contributed by atoms with Crippen molar-refractivity contribution < 1.29 is 9.31 Å². The monoisotopic (exact) mass is 257 g/mol. The molecule has 19 heavy (non-hydrogen) atoms. The summed E-state index contributed by atoms with van der Waals surface area (Å²) in [7, 11) is -0.413. The maximum absolute atomic E-state index is 5.99. The number of pyridine rings is 1. The van der Waals surface area contributed by atoms with Crippen molar-refractivity contribution in [1.82, 2.24) is 15.0 Å². The van der Waals surface area contributed by atoms with E-state index in [4.69, 9.17) is 9.31 Å². The highest BCUT2D eigenvalue weighted by molar-refractivity contribution is 6.62. The Kier molecular flexibility index (Phi) is 2.62. The van der Waals surface area contributed by atoms with Crippen LogP contribution >= 0.6 is 0 Å². The molecule has 6 heteroatoms. The molecule has 0 aliphatic carbocycles. The molecule has 0 atom stereocenters.